The van der Waals surface area contributed by atoms with Gasteiger partial charge in [-0.3, -0.25) is 0 Å². The molecule has 2 aromatic rings. The fourth-order valence-electron chi connectivity index (χ4n) is 1.56. The molecule has 0 N–H and O–H groups in total. The molecule has 0 spiro atoms. The second-order valence-corrected chi connectivity index (χ2v) is 6.67. The predicted octanol–water partition coefficient (Wildman–Crippen LogP) is 5.21. The summed E-state index contributed by atoms with van der Waals surface area (Å²) in [5.41, 5.74) is 1.77. The Morgan fingerprint density at radius 3 is 1.45 bits per heavy atom. The molecule has 4 heteroatoms. The van der Waals surface area contributed by atoms with Crippen LogP contribution in [0, 0.1) is 0 Å². The van der Waals surface area contributed by atoms with Crippen molar-refractivity contribution in [1.29, 1.82) is 0 Å². The molecule has 0 amide bonds. The van der Waals surface area contributed by atoms with Crippen molar-refractivity contribution in [3.05, 3.63) is 80.5 Å². The van der Waals surface area contributed by atoms with Gasteiger partial charge in [0.25, 0.3) is 0 Å². The molecule has 2 rings (SSSR count). The van der Waals surface area contributed by atoms with Gasteiger partial charge in [0.05, 0.1) is 0 Å². The standard InChI is InChI=1S/C16H12Cl2OS/c17-15(11-13-7-3-1-4-8-13)20(19)16(18)12-14-9-5-2-6-10-14/h1-12H/b15-11+,16-12+. The van der Waals surface area contributed by atoms with E-state index in [-0.39, 0.29) is 8.73 Å². The Morgan fingerprint density at radius 1 is 0.750 bits per heavy atom. The molecule has 0 aliphatic carbocycles. The third-order valence-corrected chi connectivity index (χ3v) is 4.52. The van der Waals surface area contributed by atoms with Crippen molar-refractivity contribution in [2.45, 2.75) is 0 Å². The molecule has 0 radical (unpaired) electrons. The van der Waals surface area contributed by atoms with Gasteiger partial charge in [-0.2, -0.15) is 0 Å². The summed E-state index contributed by atoms with van der Waals surface area (Å²) in [6.45, 7) is 0. The van der Waals surface area contributed by atoms with Crippen LogP contribution in [0.25, 0.3) is 12.2 Å². The summed E-state index contributed by atoms with van der Waals surface area (Å²) in [5, 5.41) is 0. The summed E-state index contributed by atoms with van der Waals surface area (Å²) < 4.78 is 12.6. The first-order valence-corrected chi connectivity index (χ1v) is 7.83. The first-order valence-electron chi connectivity index (χ1n) is 5.93. The fraction of sp³-hybridized carbons (Fsp3) is 0. The van der Waals surface area contributed by atoms with Crippen LogP contribution in [0.2, 0.25) is 0 Å². The van der Waals surface area contributed by atoms with Crippen molar-refractivity contribution in [3.63, 3.8) is 0 Å². The van der Waals surface area contributed by atoms with Crippen LogP contribution in [-0.2, 0) is 10.8 Å². The molecule has 0 atom stereocenters. The van der Waals surface area contributed by atoms with Crippen molar-refractivity contribution < 1.29 is 4.21 Å². The highest BCUT2D eigenvalue weighted by atomic mass is 35.5. The van der Waals surface area contributed by atoms with Crippen molar-refractivity contribution >= 4 is 46.2 Å². The number of benzene rings is 2. The van der Waals surface area contributed by atoms with Gasteiger partial charge in [0.15, 0.2) is 0 Å². The van der Waals surface area contributed by atoms with Gasteiger partial charge in [-0.05, 0) is 23.3 Å². The van der Waals surface area contributed by atoms with Gasteiger partial charge in [-0.25, -0.2) is 4.21 Å². The molecular weight excluding hydrogens is 311 g/mol. The van der Waals surface area contributed by atoms with Gasteiger partial charge < -0.3 is 0 Å². The molecule has 0 aromatic heterocycles. The predicted molar refractivity (Wildman–Crippen MR) is 88.7 cm³/mol. The van der Waals surface area contributed by atoms with Crippen LogP contribution in [0.15, 0.2) is 69.4 Å². The third kappa shape index (κ3) is 4.34. The summed E-state index contributed by atoms with van der Waals surface area (Å²) >= 11 is 12.1. The Morgan fingerprint density at radius 2 is 1.10 bits per heavy atom. The van der Waals surface area contributed by atoms with E-state index in [9.17, 15) is 4.21 Å². The van der Waals surface area contributed by atoms with Gasteiger partial charge in [0, 0.05) is 0 Å². The summed E-state index contributed by atoms with van der Waals surface area (Å²) in [5.74, 6) is 0. The Kier molecular flexibility index (Phi) is 5.60. The van der Waals surface area contributed by atoms with E-state index in [0.29, 0.717) is 0 Å². The molecule has 0 heterocycles. The van der Waals surface area contributed by atoms with Gasteiger partial charge in [0.2, 0.25) is 0 Å². The van der Waals surface area contributed by atoms with Crippen LogP contribution < -0.4 is 0 Å². The molecule has 2 aromatic carbocycles. The monoisotopic (exact) mass is 322 g/mol. The average molecular weight is 323 g/mol. The van der Waals surface area contributed by atoms with Crippen molar-refractivity contribution in [3.8, 4) is 0 Å². The van der Waals surface area contributed by atoms with E-state index in [1.165, 1.54) is 0 Å². The lowest BCUT2D eigenvalue weighted by molar-refractivity contribution is 0.692. The van der Waals surface area contributed by atoms with E-state index >= 15 is 0 Å². The van der Waals surface area contributed by atoms with Crippen molar-refractivity contribution in [1.82, 2.24) is 0 Å². The summed E-state index contributed by atoms with van der Waals surface area (Å²) in [6.07, 6.45) is 3.30. The SMILES string of the molecule is O=S(/C(Cl)=C/c1ccccc1)/C(Cl)=C/c1ccccc1. The molecule has 1 nitrogen and oxygen atoms in total. The van der Waals surface area contributed by atoms with Gasteiger partial charge in [0.1, 0.15) is 19.5 Å². The molecule has 20 heavy (non-hydrogen) atoms. The lowest BCUT2D eigenvalue weighted by atomic mass is 10.2. The molecule has 0 bridgehead atoms. The van der Waals surface area contributed by atoms with Gasteiger partial charge >= 0.3 is 0 Å². The number of hydrogen-bond donors (Lipinski definition) is 0. The van der Waals surface area contributed by atoms with Crippen LogP contribution >= 0.6 is 23.2 Å². The maximum atomic E-state index is 12.2. The molecule has 0 saturated heterocycles. The van der Waals surface area contributed by atoms with Crippen molar-refractivity contribution in [2.24, 2.45) is 0 Å². The van der Waals surface area contributed by atoms with Crippen LogP contribution in [-0.4, -0.2) is 4.21 Å². The first kappa shape index (κ1) is 15.0. The third-order valence-electron chi connectivity index (χ3n) is 2.51. The number of rotatable bonds is 4. The Balaban J connectivity index is 2.19. The zero-order valence-electron chi connectivity index (χ0n) is 10.5. The second-order valence-electron chi connectivity index (χ2n) is 3.99. The summed E-state index contributed by atoms with van der Waals surface area (Å²) in [7, 11) is -1.56. The summed E-state index contributed by atoms with van der Waals surface area (Å²) in [6, 6.07) is 18.9. The molecule has 0 saturated carbocycles. The molecule has 0 aliphatic heterocycles. The van der Waals surface area contributed by atoms with Crippen LogP contribution in [0.5, 0.6) is 0 Å². The smallest absolute Gasteiger partial charge is 0.111 e. The summed E-state index contributed by atoms with van der Waals surface area (Å²) in [4.78, 5) is 0. The zero-order chi connectivity index (χ0) is 14.4. The Bertz CT molecular complexity index is 591. The fourth-order valence-corrected chi connectivity index (χ4v) is 3.10. The average Bonchev–Trinajstić information content (AvgIpc) is 2.48. The number of hydrogen-bond acceptors (Lipinski definition) is 1. The van der Waals surface area contributed by atoms with Gasteiger partial charge in [-0.15, -0.1) is 0 Å². The lowest BCUT2D eigenvalue weighted by Gasteiger charge is -2.00. The molecule has 102 valence electrons. The van der Waals surface area contributed by atoms with E-state index < -0.39 is 10.8 Å². The normalized spacial score (nSPS) is 12.8. The molecule has 0 unspecified atom stereocenters. The largest absolute Gasteiger partial charge is 0.247 e. The minimum Gasteiger partial charge on any atom is -0.247 e. The van der Waals surface area contributed by atoms with Crippen LogP contribution in [0.3, 0.4) is 0 Å². The molecule has 0 fully saturated rings. The first-order chi connectivity index (χ1) is 9.66. The Labute approximate surface area is 131 Å². The second kappa shape index (κ2) is 7.44. The minimum atomic E-state index is -1.56. The Hall–Kier alpha value is -1.35. The van der Waals surface area contributed by atoms with E-state index in [1.807, 2.05) is 60.7 Å². The van der Waals surface area contributed by atoms with Crippen LogP contribution in [0.1, 0.15) is 11.1 Å². The highest BCUT2D eigenvalue weighted by Crippen LogP contribution is 2.23. The molecule has 0 aliphatic rings. The lowest BCUT2D eigenvalue weighted by Crippen LogP contribution is -1.89. The van der Waals surface area contributed by atoms with E-state index in [0.717, 1.165) is 11.1 Å². The number of halogens is 2. The van der Waals surface area contributed by atoms with E-state index in [2.05, 4.69) is 0 Å². The quantitative estimate of drug-likeness (QED) is 0.755. The maximum absolute atomic E-state index is 12.2. The zero-order valence-corrected chi connectivity index (χ0v) is 12.8. The van der Waals surface area contributed by atoms with Crippen molar-refractivity contribution in [2.75, 3.05) is 0 Å². The van der Waals surface area contributed by atoms with Gasteiger partial charge in [-0.1, -0.05) is 83.9 Å². The molecular formula is C16H12Cl2OS. The maximum Gasteiger partial charge on any atom is 0.111 e. The van der Waals surface area contributed by atoms with Crippen LogP contribution in [0.4, 0.5) is 0 Å². The highest BCUT2D eigenvalue weighted by molar-refractivity contribution is 7.96. The van der Waals surface area contributed by atoms with E-state index in [4.69, 9.17) is 23.2 Å². The minimum absolute atomic E-state index is 0.202. The highest BCUT2D eigenvalue weighted by Gasteiger charge is 2.09. The topological polar surface area (TPSA) is 17.1 Å². The van der Waals surface area contributed by atoms with E-state index in [1.54, 1.807) is 12.2 Å².